The molecule has 35 heavy (non-hydrogen) atoms. The fourth-order valence-corrected chi connectivity index (χ4v) is 4.43. The first-order valence-electron chi connectivity index (χ1n) is 11.7. The van der Waals surface area contributed by atoms with Crippen molar-refractivity contribution in [2.75, 3.05) is 19.7 Å². The van der Waals surface area contributed by atoms with Crippen LogP contribution in [0.4, 0.5) is 8.78 Å². The molecule has 0 N–H and O–H groups in total. The lowest BCUT2D eigenvalue weighted by atomic mass is 9.90. The number of likely N-dealkylation sites (tertiary alicyclic amines) is 1. The number of piperidine rings is 1. The zero-order valence-electron chi connectivity index (χ0n) is 19.4. The van der Waals surface area contributed by atoms with Gasteiger partial charge in [0.1, 0.15) is 18.6 Å². The van der Waals surface area contributed by atoms with Gasteiger partial charge in [0.15, 0.2) is 17.3 Å². The van der Waals surface area contributed by atoms with Gasteiger partial charge in [-0.05, 0) is 80.2 Å². The van der Waals surface area contributed by atoms with Crippen LogP contribution in [0, 0.1) is 11.6 Å². The normalized spacial score (nSPS) is 15.6. The summed E-state index contributed by atoms with van der Waals surface area (Å²) < 4.78 is 29.0. The molecule has 1 aliphatic heterocycles. The first-order chi connectivity index (χ1) is 17.1. The molecule has 5 rings (SSSR count). The predicted molar refractivity (Wildman–Crippen MR) is 128 cm³/mol. The number of hydrogen-bond acceptors (Lipinski definition) is 6. The average Bonchev–Trinajstić information content (AvgIpc) is 3.36. The maximum Gasteiger partial charge on any atom is 0.159 e. The van der Waals surface area contributed by atoms with Crippen LogP contribution in [-0.2, 0) is 11.4 Å². The molecule has 0 atom stereocenters. The molecule has 180 valence electrons. The highest BCUT2D eigenvalue weighted by Gasteiger charge is 2.21. The Bertz CT molecular complexity index is 1330. The molecular formula is C26H26F2N6O. The van der Waals surface area contributed by atoms with Crippen molar-refractivity contribution in [3.05, 3.63) is 95.2 Å². The third-order valence-corrected chi connectivity index (χ3v) is 6.31. The van der Waals surface area contributed by atoms with Crippen molar-refractivity contribution in [2.45, 2.75) is 32.2 Å². The number of pyridine rings is 2. The van der Waals surface area contributed by atoms with Crippen LogP contribution in [-0.4, -0.2) is 49.9 Å². The minimum absolute atomic E-state index is 0.355. The summed E-state index contributed by atoms with van der Waals surface area (Å²) in [6.07, 6.45) is 7.62. The second kappa shape index (κ2) is 10.3. The molecule has 0 radical (unpaired) electrons. The van der Waals surface area contributed by atoms with Crippen LogP contribution in [0.1, 0.15) is 48.1 Å². The summed E-state index contributed by atoms with van der Waals surface area (Å²) in [5, 5.41) is 8.34. The highest BCUT2D eigenvalue weighted by Crippen LogP contribution is 2.28. The van der Waals surface area contributed by atoms with Gasteiger partial charge in [0.05, 0.1) is 5.69 Å². The Hall–Kier alpha value is -3.72. The van der Waals surface area contributed by atoms with Gasteiger partial charge in [-0.15, -0.1) is 0 Å². The van der Waals surface area contributed by atoms with E-state index in [9.17, 15) is 8.78 Å². The maximum atomic E-state index is 13.8. The Morgan fingerprint density at radius 3 is 2.66 bits per heavy atom. The first kappa shape index (κ1) is 23.0. The van der Waals surface area contributed by atoms with E-state index in [1.807, 2.05) is 22.7 Å². The molecule has 7 nitrogen and oxygen atoms in total. The first-order valence-corrected chi connectivity index (χ1v) is 11.7. The molecule has 0 saturated carbocycles. The smallest absolute Gasteiger partial charge is 0.159 e. The summed E-state index contributed by atoms with van der Waals surface area (Å²) in [7, 11) is 0. The Labute approximate surface area is 202 Å². The third kappa shape index (κ3) is 5.19. The number of rotatable bonds is 7. The van der Waals surface area contributed by atoms with Crippen molar-refractivity contribution in [3.8, 4) is 0 Å². The van der Waals surface area contributed by atoms with Crippen molar-refractivity contribution < 1.29 is 13.6 Å². The lowest BCUT2D eigenvalue weighted by molar-refractivity contribution is 0.159. The van der Waals surface area contributed by atoms with Crippen LogP contribution in [0.3, 0.4) is 0 Å². The Morgan fingerprint density at radius 1 is 1.06 bits per heavy atom. The number of benzene rings is 1. The number of halogens is 2. The van der Waals surface area contributed by atoms with E-state index in [1.54, 1.807) is 19.4 Å². The highest BCUT2D eigenvalue weighted by atomic mass is 19.2. The minimum Gasteiger partial charge on any atom is -0.396 e. The molecule has 0 spiro atoms. The monoisotopic (exact) mass is 476 g/mol. The molecule has 9 heteroatoms. The van der Waals surface area contributed by atoms with Gasteiger partial charge in [0.2, 0.25) is 0 Å². The van der Waals surface area contributed by atoms with Crippen molar-refractivity contribution >= 4 is 11.4 Å². The maximum absolute atomic E-state index is 13.8. The van der Waals surface area contributed by atoms with Gasteiger partial charge in [-0.25, -0.2) is 18.3 Å². The number of hydrogen-bond donors (Lipinski definition) is 0. The summed E-state index contributed by atoms with van der Waals surface area (Å²) >= 11 is 0. The van der Waals surface area contributed by atoms with Gasteiger partial charge < -0.3 is 4.84 Å². The van der Waals surface area contributed by atoms with E-state index in [-0.39, 0.29) is 0 Å². The number of aromatic nitrogens is 4. The number of fused-ring (bicyclic) bond motifs is 1. The quantitative estimate of drug-likeness (QED) is 0.289. The summed E-state index contributed by atoms with van der Waals surface area (Å²) in [5.41, 5.74) is 4.55. The molecule has 0 amide bonds. The van der Waals surface area contributed by atoms with Crippen LogP contribution in [0.15, 0.2) is 66.3 Å². The van der Waals surface area contributed by atoms with Gasteiger partial charge >= 0.3 is 0 Å². The van der Waals surface area contributed by atoms with E-state index >= 15 is 0 Å². The van der Waals surface area contributed by atoms with E-state index in [0.29, 0.717) is 29.5 Å². The molecule has 1 aromatic carbocycles. The van der Waals surface area contributed by atoms with Gasteiger partial charge in [-0.2, -0.15) is 5.10 Å². The summed E-state index contributed by atoms with van der Waals surface area (Å²) in [4.78, 5) is 16.4. The molecule has 3 aromatic heterocycles. The number of nitrogens with zero attached hydrogens (tertiary/aromatic N) is 6. The van der Waals surface area contributed by atoms with Crippen molar-refractivity contribution in [3.63, 3.8) is 0 Å². The zero-order chi connectivity index (χ0) is 24.2. The average molecular weight is 477 g/mol. The third-order valence-electron chi connectivity index (χ3n) is 6.31. The van der Waals surface area contributed by atoms with Crippen LogP contribution in [0.2, 0.25) is 0 Å². The van der Waals surface area contributed by atoms with Crippen LogP contribution in [0.25, 0.3) is 5.65 Å². The van der Waals surface area contributed by atoms with E-state index < -0.39 is 11.6 Å². The van der Waals surface area contributed by atoms with Gasteiger partial charge in [0, 0.05) is 24.5 Å². The fraction of sp³-hybridized carbons (Fsp3) is 0.308. The molecule has 0 bridgehead atoms. The Kier molecular flexibility index (Phi) is 6.76. The molecule has 4 aromatic rings. The predicted octanol–water partition coefficient (Wildman–Crippen LogP) is 4.57. The van der Waals surface area contributed by atoms with Crippen LogP contribution >= 0.6 is 0 Å². The van der Waals surface area contributed by atoms with Gasteiger partial charge in [0.25, 0.3) is 0 Å². The second-order valence-corrected chi connectivity index (χ2v) is 8.61. The molecule has 1 fully saturated rings. The van der Waals surface area contributed by atoms with Crippen molar-refractivity contribution in [2.24, 2.45) is 5.16 Å². The van der Waals surface area contributed by atoms with E-state index in [0.717, 1.165) is 55.8 Å². The summed E-state index contributed by atoms with van der Waals surface area (Å²) in [6.45, 7) is 4.94. The molecule has 0 aliphatic carbocycles. The lowest BCUT2D eigenvalue weighted by Gasteiger charge is -2.32. The summed E-state index contributed by atoms with van der Waals surface area (Å²) in [5.74, 6) is -1.34. The Balaban J connectivity index is 1.23. The zero-order valence-corrected chi connectivity index (χ0v) is 19.4. The second-order valence-electron chi connectivity index (χ2n) is 8.61. The molecule has 1 saturated heterocycles. The van der Waals surface area contributed by atoms with Crippen LogP contribution < -0.4 is 0 Å². The largest absolute Gasteiger partial charge is 0.396 e. The summed E-state index contributed by atoms with van der Waals surface area (Å²) in [6, 6.07) is 11.7. The molecular weight excluding hydrogens is 450 g/mol. The highest BCUT2D eigenvalue weighted by molar-refractivity contribution is 6.11. The Morgan fingerprint density at radius 2 is 1.91 bits per heavy atom. The SMILES string of the molecule is CCON=C(c1ccc(F)c(F)c1)c1ccc(CN2CCC(c3ccc4ncnn4c3)CC2)cn1. The molecule has 4 heterocycles. The lowest BCUT2D eigenvalue weighted by Crippen LogP contribution is -2.32. The van der Waals surface area contributed by atoms with Crippen molar-refractivity contribution in [1.82, 2.24) is 24.5 Å². The molecule has 0 unspecified atom stereocenters. The van der Waals surface area contributed by atoms with E-state index in [4.69, 9.17) is 4.84 Å². The number of oxime groups is 1. The fourth-order valence-electron chi connectivity index (χ4n) is 4.43. The van der Waals surface area contributed by atoms with E-state index in [1.165, 1.54) is 11.6 Å². The van der Waals surface area contributed by atoms with Gasteiger partial charge in [-0.3, -0.25) is 9.88 Å². The van der Waals surface area contributed by atoms with Crippen LogP contribution in [0.5, 0.6) is 0 Å². The standard InChI is InChI=1S/C26H26F2N6O/c1-2-35-32-26(20-4-6-22(27)23(28)13-20)24-7-3-18(14-29-24)15-33-11-9-19(10-12-33)21-5-8-25-30-17-31-34(25)16-21/h3-8,13-14,16-17,19H,2,9-12,15H2,1H3. The topological polar surface area (TPSA) is 67.9 Å². The minimum atomic E-state index is -0.937. The molecule has 1 aliphatic rings. The van der Waals surface area contributed by atoms with Crippen molar-refractivity contribution in [1.29, 1.82) is 0 Å². The van der Waals surface area contributed by atoms with E-state index in [2.05, 4.69) is 37.4 Å². The van der Waals surface area contributed by atoms with Gasteiger partial charge in [-0.1, -0.05) is 17.3 Å².